The first-order valence-electron chi connectivity index (χ1n) is 9.73. The third-order valence-corrected chi connectivity index (χ3v) is 5.88. The Balaban J connectivity index is 1.90. The summed E-state index contributed by atoms with van der Waals surface area (Å²) < 4.78 is 7.40. The molecular weight excluding hydrogens is 348 g/mol. The minimum absolute atomic E-state index is 0.499. The van der Waals surface area contributed by atoms with Gasteiger partial charge in [0.2, 0.25) is 0 Å². The number of guanidine groups is 1. The standard InChI is InChI=1S/C18H34N6OS/c1-5-25-11-7-10-19-18(20-13-17-23-22-14(3)24(17)4)21-15-8-9-16(12-15)26-6-2/h15-16H,5-13H2,1-4H3,(H2,19,20,21). The van der Waals surface area contributed by atoms with E-state index in [9.17, 15) is 0 Å². The van der Waals surface area contributed by atoms with Crippen molar-refractivity contribution >= 4 is 17.7 Å². The fraction of sp³-hybridized carbons (Fsp3) is 0.833. The molecule has 1 aliphatic rings. The van der Waals surface area contributed by atoms with Gasteiger partial charge in [0.15, 0.2) is 11.8 Å². The van der Waals surface area contributed by atoms with Crippen LogP contribution in [0.15, 0.2) is 4.99 Å². The Morgan fingerprint density at radius 2 is 2.19 bits per heavy atom. The highest BCUT2D eigenvalue weighted by Gasteiger charge is 2.25. The van der Waals surface area contributed by atoms with E-state index in [1.165, 1.54) is 25.0 Å². The number of rotatable bonds is 10. The molecule has 0 radical (unpaired) electrons. The lowest BCUT2D eigenvalue weighted by Gasteiger charge is -2.18. The smallest absolute Gasteiger partial charge is 0.191 e. The summed E-state index contributed by atoms with van der Waals surface area (Å²) in [5.41, 5.74) is 0. The van der Waals surface area contributed by atoms with Crippen LogP contribution in [0, 0.1) is 6.92 Å². The third-order valence-electron chi connectivity index (χ3n) is 4.65. The van der Waals surface area contributed by atoms with Gasteiger partial charge in [0.1, 0.15) is 12.4 Å². The van der Waals surface area contributed by atoms with Crippen molar-refractivity contribution in [1.82, 2.24) is 25.4 Å². The Morgan fingerprint density at radius 3 is 2.88 bits per heavy atom. The van der Waals surface area contributed by atoms with Crippen molar-refractivity contribution < 1.29 is 4.74 Å². The normalized spacial score (nSPS) is 20.5. The highest BCUT2D eigenvalue weighted by atomic mass is 32.2. The van der Waals surface area contributed by atoms with E-state index in [4.69, 9.17) is 9.73 Å². The molecule has 1 heterocycles. The topological polar surface area (TPSA) is 76.4 Å². The molecule has 0 bridgehead atoms. The first kappa shape index (κ1) is 21.0. The Bertz CT molecular complexity index is 562. The molecule has 2 rings (SSSR count). The lowest BCUT2D eigenvalue weighted by molar-refractivity contribution is 0.145. The average Bonchev–Trinajstić information content (AvgIpc) is 3.20. The maximum Gasteiger partial charge on any atom is 0.191 e. The Hall–Kier alpha value is -1.28. The fourth-order valence-corrected chi connectivity index (χ4v) is 4.21. The van der Waals surface area contributed by atoms with Gasteiger partial charge in [-0.25, -0.2) is 4.99 Å². The number of nitrogens with one attached hydrogen (secondary N) is 2. The van der Waals surface area contributed by atoms with Gasteiger partial charge < -0.3 is 19.9 Å². The number of nitrogens with zero attached hydrogens (tertiary/aromatic N) is 4. The molecule has 0 saturated heterocycles. The summed E-state index contributed by atoms with van der Waals surface area (Å²) >= 11 is 2.07. The molecule has 1 aromatic rings. The molecule has 2 unspecified atom stereocenters. The van der Waals surface area contributed by atoms with Crippen LogP contribution in [0.2, 0.25) is 0 Å². The summed E-state index contributed by atoms with van der Waals surface area (Å²) in [6.45, 7) is 9.13. The molecule has 0 spiro atoms. The van der Waals surface area contributed by atoms with Crippen LogP contribution in [0.25, 0.3) is 0 Å². The van der Waals surface area contributed by atoms with Crippen LogP contribution < -0.4 is 10.6 Å². The molecule has 1 aliphatic carbocycles. The van der Waals surface area contributed by atoms with Gasteiger partial charge in [-0.3, -0.25) is 0 Å². The Morgan fingerprint density at radius 1 is 1.35 bits per heavy atom. The van der Waals surface area contributed by atoms with Crippen molar-refractivity contribution in [3.63, 3.8) is 0 Å². The molecule has 7 nitrogen and oxygen atoms in total. The molecular formula is C18H34N6OS. The van der Waals surface area contributed by atoms with Gasteiger partial charge in [-0.15, -0.1) is 10.2 Å². The summed E-state index contributed by atoms with van der Waals surface area (Å²) in [5.74, 6) is 3.85. The van der Waals surface area contributed by atoms with Gasteiger partial charge in [-0.1, -0.05) is 6.92 Å². The van der Waals surface area contributed by atoms with Crippen LogP contribution in [0.1, 0.15) is 51.2 Å². The third kappa shape index (κ3) is 6.79. The van der Waals surface area contributed by atoms with Gasteiger partial charge in [0, 0.05) is 38.1 Å². The lowest BCUT2D eigenvalue weighted by Crippen LogP contribution is -2.43. The SMILES string of the molecule is CCOCCCNC(=NCc1nnc(C)n1C)NC1CCC(SCC)C1. The Kier molecular flexibility index (Phi) is 9.25. The van der Waals surface area contributed by atoms with E-state index < -0.39 is 0 Å². The lowest BCUT2D eigenvalue weighted by atomic mass is 10.2. The quantitative estimate of drug-likeness (QED) is 0.367. The predicted molar refractivity (Wildman–Crippen MR) is 109 cm³/mol. The maximum absolute atomic E-state index is 5.41. The zero-order valence-corrected chi connectivity index (χ0v) is 17.4. The molecule has 26 heavy (non-hydrogen) atoms. The van der Waals surface area contributed by atoms with E-state index >= 15 is 0 Å². The predicted octanol–water partition coefficient (Wildman–Crippen LogP) is 2.26. The summed E-state index contributed by atoms with van der Waals surface area (Å²) in [5, 5.41) is 16.1. The molecule has 1 saturated carbocycles. The van der Waals surface area contributed by atoms with Crippen molar-refractivity contribution in [2.24, 2.45) is 12.0 Å². The van der Waals surface area contributed by atoms with Gasteiger partial charge in [-0.05, 0) is 45.3 Å². The molecule has 0 amide bonds. The summed E-state index contributed by atoms with van der Waals surface area (Å²) in [7, 11) is 1.98. The summed E-state index contributed by atoms with van der Waals surface area (Å²) in [6, 6.07) is 0.499. The van der Waals surface area contributed by atoms with Gasteiger partial charge in [0.25, 0.3) is 0 Å². The summed E-state index contributed by atoms with van der Waals surface area (Å²) in [4.78, 5) is 4.74. The van der Waals surface area contributed by atoms with Crippen LogP contribution in [-0.4, -0.2) is 57.5 Å². The van der Waals surface area contributed by atoms with Crippen LogP contribution in [-0.2, 0) is 18.3 Å². The van der Waals surface area contributed by atoms with Crippen molar-refractivity contribution in [2.45, 2.75) is 64.3 Å². The van der Waals surface area contributed by atoms with Crippen molar-refractivity contribution in [3.8, 4) is 0 Å². The number of hydrogen-bond acceptors (Lipinski definition) is 5. The highest BCUT2D eigenvalue weighted by molar-refractivity contribution is 7.99. The molecule has 2 atom stereocenters. The molecule has 1 fully saturated rings. The highest BCUT2D eigenvalue weighted by Crippen LogP contribution is 2.29. The zero-order valence-electron chi connectivity index (χ0n) is 16.6. The first-order valence-corrected chi connectivity index (χ1v) is 10.8. The molecule has 0 aromatic carbocycles. The van der Waals surface area contributed by atoms with Crippen LogP contribution in [0.3, 0.4) is 0 Å². The monoisotopic (exact) mass is 382 g/mol. The first-order chi connectivity index (χ1) is 12.6. The number of aryl methyl sites for hydroxylation is 1. The molecule has 0 aliphatic heterocycles. The minimum Gasteiger partial charge on any atom is -0.382 e. The fourth-order valence-electron chi connectivity index (χ4n) is 3.07. The van der Waals surface area contributed by atoms with Crippen LogP contribution in [0.4, 0.5) is 0 Å². The van der Waals surface area contributed by atoms with Gasteiger partial charge in [0.05, 0.1) is 0 Å². The number of ether oxygens (including phenoxy) is 1. The number of aliphatic imine (C=N–C) groups is 1. The average molecular weight is 383 g/mol. The second-order valence-electron chi connectivity index (χ2n) is 6.60. The van der Waals surface area contributed by atoms with Gasteiger partial charge in [-0.2, -0.15) is 11.8 Å². The van der Waals surface area contributed by atoms with Crippen molar-refractivity contribution in [3.05, 3.63) is 11.6 Å². The van der Waals surface area contributed by atoms with E-state index in [1.54, 1.807) is 0 Å². The second-order valence-corrected chi connectivity index (χ2v) is 8.17. The molecule has 148 valence electrons. The van der Waals surface area contributed by atoms with E-state index in [0.29, 0.717) is 12.6 Å². The second kappa shape index (κ2) is 11.4. The van der Waals surface area contributed by atoms with E-state index in [1.807, 2.05) is 25.5 Å². The summed E-state index contributed by atoms with van der Waals surface area (Å²) in [6.07, 6.45) is 4.68. The zero-order chi connectivity index (χ0) is 18.8. The van der Waals surface area contributed by atoms with E-state index in [-0.39, 0.29) is 0 Å². The molecule has 1 aromatic heterocycles. The van der Waals surface area contributed by atoms with Crippen molar-refractivity contribution in [1.29, 1.82) is 0 Å². The molecule has 8 heteroatoms. The number of thioether (sulfide) groups is 1. The molecule has 2 N–H and O–H groups in total. The number of aromatic nitrogens is 3. The minimum atomic E-state index is 0.499. The maximum atomic E-state index is 5.41. The van der Waals surface area contributed by atoms with Gasteiger partial charge >= 0.3 is 0 Å². The largest absolute Gasteiger partial charge is 0.382 e. The van der Waals surface area contributed by atoms with Crippen LogP contribution in [0.5, 0.6) is 0 Å². The number of hydrogen-bond donors (Lipinski definition) is 2. The van der Waals surface area contributed by atoms with E-state index in [0.717, 1.165) is 49.0 Å². The van der Waals surface area contributed by atoms with E-state index in [2.05, 4.69) is 39.5 Å². The van der Waals surface area contributed by atoms with Crippen molar-refractivity contribution in [2.75, 3.05) is 25.5 Å². The van der Waals surface area contributed by atoms with Crippen LogP contribution >= 0.6 is 11.8 Å². The Labute approximate surface area is 161 Å².